The topological polar surface area (TPSA) is 122 Å². The molecule has 2 aromatic rings. The first-order chi connectivity index (χ1) is 14.7. The van der Waals surface area contributed by atoms with Crippen molar-refractivity contribution in [3.05, 3.63) is 60.2 Å². The Morgan fingerprint density at radius 3 is 1.65 bits per heavy atom. The van der Waals surface area contributed by atoms with Crippen LogP contribution in [-0.4, -0.2) is 52.6 Å². The van der Waals surface area contributed by atoms with E-state index in [1.807, 2.05) is 24.3 Å². The molecule has 0 aliphatic heterocycles. The summed E-state index contributed by atoms with van der Waals surface area (Å²) >= 11 is 0. The second-order valence-corrected chi connectivity index (χ2v) is 7.87. The van der Waals surface area contributed by atoms with Crippen LogP contribution in [0.2, 0.25) is 0 Å². The van der Waals surface area contributed by atoms with Gasteiger partial charge in [-0.15, -0.1) is 0 Å². The van der Waals surface area contributed by atoms with E-state index in [-0.39, 0.29) is 0 Å². The summed E-state index contributed by atoms with van der Waals surface area (Å²) in [5.74, 6) is -1.22. The molecule has 0 radical (unpaired) electrons. The number of hydrogen-bond acceptors (Lipinski definition) is 6. The van der Waals surface area contributed by atoms with E-state index < -0.39 is 29.6 Å². The molecule has 2 aromatic heterocycles. The van der Waals surface area contributed by atoms with Gasteiger partial charge in [-0.05, 0) is 69.0 Å². The van der Waals surface area contributed by atoms with Gasteiger partial charge in [0.25, 0.3) is 11.8 Å². The third-order valence-corrected chi connectivity index (χ3v) is 4.11. The summed E-state index contributed by atoms with van der Waals surface area (Å²) in [6, 6.07) is 5.95. The third-order valence-electron chi connectivity index (χ3n) is 4.11. The van der Waals surface area contributed by atoms with Gasteiger partial charge in [-0.3, -0.25) is 19.6 Å². The Kier molecular flexibility index (Phi) is 8.93. The number of hydrogen-bond donors (Lipinski definition) is 3. The molecular formula is C22H29N5O4. The highest BCUT2D eigenvalue weighted by molar-refractivity contribution is 6.06. The van der Waals surface area contributed by atoms with Crippen LogP contribution in [0.5, 0.6) is 0 Å². The van der Waals surface area contributed by atoms with E-state index >= 15 is 0 Å². The molecule has 2 rings (SSSR count). The maximum atomic E-state index is 12.6. The van der Waals surface area contributed by atoms with Gasteiger partial charge in [-0.1, -0.05) is 0 Å². The molecule has 3 N–H and O–H groups in total. The van der Waals surface area contributed by atoms with E-state index in [0.717, 1.165) is 11.1 Å². The summed E-state index contributed by atoms with van der Waals surface area (Å²) in [4.78, 5) is 45.3. The second-order valence-electron chi connectivity index (χ2n) is 7.87. The van der Waals surface area contributed by atoms with E-state index in [4.69, 9.17) is 4.74 Å². The molecule has 0 bridgehead atoms. The Morgan fingerprint density at radius 1 is 0.839 bits per heavy atom. The van der Waals surface area contributed by atoms with Crippen molar-refractivity contribution in [2.24, 2.45) is 0 Å². The summed E-state index contributed by atoms with van der Waals surface area (Å²) in [7, 11) is 0. The van der Waals surface area contributed by atoms with E-state index in [1.54, 1.807) is 45.6 Å². The van der Waals surface area contributed by atoms with Gasteiger partial charge in [0.05, 0.1) is 0 Å². The molecule has 0 atom stereocenters. The number of alkyl carbamates (subject to hydrolysis) is 1. The standard InChI is InChI=1S/C22H29N5O4/c1-22(2,3)31-21(30)27-18(19(28)25-14-8-16-4-10-23-11-5-16)20(29)26-15-9-17-6-12-24-13-7-17/h4-7,10-13,18H,8-9,14-15H2,1-3H3,(H,25,28)(H,26,29)(H,27,30). The molecule has 166 valence electrons. The number of aromatic nitrogens is 2. The number of carbonyl (C=O) groups is 3. The molecule has 0 fully saturated rings. The highest BCUT2D eigenvalue weighted by Crippen LogP contribution is 2.07. The number of rotatable bonds is 9. The number of nitrogens with one attached hydrogen (secondary N) is 3. The van der Waals surface area contributed by atoms with Crippen molar-refractivity contribution >= 4 is 17.9 Å². The predicted molar refractivity (Wildman–Crippen MR) is 115 cm³/mol. The quantitative estimate of drug-likeness (QED) is 0.520. The van der Waals surface area contributed by atoms with Crippen LogP contribution in [0.1, 0.15) is 31.9 Å². The molecule has 0 spiro atoms. The molecule has 0 saturated heterocycles. The van der Waals surface area contributed by atoms with Gasteiger partial charge in [0.1, 0.15) is 5.60 Å². The Bertz CT molecular complexity index is 796. The van der Waals surface area contributed by atoms with Gasteiger partial charge >= 0.3 is 6.09 Å². The smallest absolute Gasteiger partial charge is 0.408 e. The van der Waals surface area contributed by atoms with Crippen LogP contribution in [0.3, 0.4) is 0 Å². The van der Waals surface area contributed by atoms with E-state index in [0.29, 0.717) is 25.9 Å². The van der Waals surface area contributed by atoms with Crippen molar-refractivity contribution in [3.8, 4) is 0 Å². The normalized spacial score (nSPS) is 11.0. The first-order valence-electron chi connectivity index (χ1n) is 10.1. The molecule has 2 heterocycles. The molecule has 0 aliphatic rings. The molecule has 9 nitrogen and oxygen atoms in total. The lowest BCUT2D eigenvalue weighted by molar-refractivity contribution is -0.132. The highest BCUT2D eigenvalue weighted by Gasteiger charge is 2.30. The van der Waals surface area contributed by atoms with E-state index in [1.165, 1.54) is 0 Å². The van der Waals surface area contributed by atoms with Crippen LogP contribution in [0.15, 0.2) is 49.1 Å². The summed E-state index contributed by atoms with van der Waals surface area (Å²) in [6.07, 6.45) is 6.96. The average Bonchev–Trinajstić information content (AvgIpc) is 2.72. The summed E-state index contributed by atoms with van der Waals surface area (Å²) in [6.45, 7) is 5.71. The molecule has 31 heavy (non-hydrogen) atoms. The van der Waals surface area contributed by atoms with Crippen LogP contribution >= 0.6 is 0 Å². The number of ether oxygens (including phenoxy) is 1. The van der Waals surface area contributed by atoms with Crippen LogP contribution < -0.4 is 16.0 Å². The second kappa shape index (κ2) is 11.6. The average molecular weight is 428 g/mol. The maximum Gasteiger partial charge on any atom is 0.408 e. The molecule has 0 aromatic carbocycles. The van der Waals surface area contributed by atoms with Crippen molar-refractivity contribution < 1.29 is 19.1 Å². The number of carbonyl (C=O) groups excluding carboxylic acids is 3. The Hall–Kier alpha value is -3.49. The van der Waals surface area contributed by atoms with Crippen LogP contribution in [-0.2, 0) is 27.2 Å². The van der Waals surface area contributed by atoms with Gasteiger partial charge in [-0.2, -0.15) is 0 Å². The van der Waals surface area contributed by atoms with Crippen LogP contribution in [0.4, 0.5) is 4.79 Å². The van der Waals surface area contributed by atoms with Gasteiger partial charge in [0, 0.05) is 37.9 Å². The van der Waals surface area contributed by atoms with Crippen molar-refractivity contribution in [1.29, 1.82) is 0 Å². The fraction of sp³-hybridized carbons (Fsp3) is 0.409. The zero-order valence-electron chi connectivity index (χ0n) is 18.1. The minimum atomic E-state index is -1.41. The van der Waals surface area contributed by atoms with Gasteiger partial charge in [0.15, 0.2) is 6.04 Å². The number of nitrogens with zero attached hydrogens (tertiary/aromatic N) is 2. The minimum absolute atomic E-state index is 0.305. The first kappa shape index (κ1) is 23.8. The molecule has 0 aliphatic carbocycles. The van der Waals surface area contributed by atoms with Crippen LogP contribution in [0.25, 0.3) is 0 Å². The maximum absolute atomic E-state index is 12.6. The lowest BCUT2D eigenvalue weighted by Gasteiger charge is -2.23. The third kappa shape index (κ3) is 9.24. The lowest BCUT2D eigenvalue weighted by atomic mass is 10.2. The monoisotopic (exact) mass is 427 g/mol. The van der Waals surface area contributed by atoms with E-state index in [2.05, 4.69) is 25.9 Å². The van der Waals surface area contributed by atoms with Gasteiger partial charge in [0.2, 0.25) is 0 Å². The van der Waals surface area contributed by atoms with Crippen molar-refractivity contribution in [2.75, 3.05) is 13.1 Å². The van der Waals surface area contributed by atoms with Crippen molar-refractivity contribution in [3.63, 3.8) is 0 Å². The summed E-state index contributed by atoms with van der Waals surface area (Å²) < 4.78 is 5.19. The molecule has 0 unspecified atom stereocenters. The van der Waals surface area contributed by atoms with Crippen LogP contribution in [0, 0.1) is 0 Å². The largest absolute Gasteiger partial charge is 0.444 e. The minimum Gasteiger partial charge on any atom is -0.444 e. The lowest BCUT2D eigenvalue weighted by Crippen LogP contribution is -2.56. The molecule has 9 heteroatoms. The first-order valence-corrected chi connectivity index (χ1v) is 10.1. The highest BCUT2D eigenvalue weighted by atomic mass is 16.6. The SMILES string of the molecule is CC(C)(C)OC(=O)NC(C(=O)NCCc1ccncc1)C(=O)NCCc1ccncc1. The summed E-state index contributed by atoms with van der Waals surface area (Å²) in [5, 5.41) is 7.74. The Morgan fingerprint density at radius 2 is 1.26 bits per heavy atom. The number of pyridine rings is 2. The zero-order chi connectivity index (χ0) is 22.7. The molecule has 3 amide bonds. The Labute approximate surface area is 182 Å². The van der Waals surface area contributed by atoms with Gasteiger partial charge in [-0.25, -0.2) is 4.79 Å². The predicted octanol–water partition coefficient (Wildman–Crippen LogP) is 1.39. The molecule has 0 saturated carbocycles. The van der Waals surface area contributed by atoms with Crippen molar-refractivity contribution in [2.45, 2.75) is 45.3 Å². The van der Waals surface area contributed by atoms with Crippen molar-refractivity contribution in [1.82, 2.24) is 25.9 Å². The van der Waals surface area contributed by atoms with E-state index in [9.17, 15) is 14.4 Å². The number of amides is 3. The summed E-state index contributed by atoms with van der Waals surface area (Å²) in [5.41, 5.74) is 1.23. The Balaban J connectivity index is 1.94. The zero-order valence-corrected chi connectivity index (χ0v) is 18.1. The fourth-order valence-electron chi connectivity index (χ4n) is 2.64. The fourth-order valence-corrected chi connectivity index (χ4v) is 2.64. The van der Waals surface area contributed by atoms with Gasteiger partial charge < -0.3 is 20.7 Å². The molecular weight excluding hydrogens is 398 g/mol.